The van der Waals surface area contributed by atoms with Crippen LogP contribution in [-0.2, 0) is 9.53 Å². The average Bonchev–Trinajstić information content (AvgIpc) is 2.56. The number of hydrogen-bond acceptors (Lipinski definition) is 2. The molecule has 64 valence electrons. The summed E-state index contributed by atoms with van der Waals surface area (Å²) in [6.45, 7) is 0. The minimum Gasteiger partial charge on any atom is -0.494 e. The van der Waals surface area contributed by atoms with Gasteiger partial charge in [0.25, 0.3) is 0 Å². The number of carbonyl (C=O) groups excluding carboxylic acids is 1. The Hall–Kier alpha value is -1.05. The topological polar surface area (TPSA) is 26.3 Å². The average molecular weight is 164 g/mol. The van der Waals surface area contributed by atoms with E-state index in [1.165, 1.54) is 5.57 Å². The zero-order chi connectivity index (χ0) is 8.39. The molecule has 0 aromatic carbocycles. The maximum atomic E-state index is 11.1. The van der Waals surface area contributed by atoms with Gasteiger partial charge in [-0.25, -0.2) is 0 Å². The van der Waals surface area contributed by atoms with Crippen LogP contribution in [0.15, 0.2) is 24.0 Å². The van der Waals surface area contributed by atoms with Crippen molar-refractivity contribution < 1.29 is 9.53 Å². The summed E-state index contributed by atoms with van der Waals surface area (Å²) < 4.78 is 5.34. The molecule has 0 saturated heterocycles. The first-order valence-corrected chi connectivity index (χ1v) is 4.40. The summed E-state index contributed by atoms with van der Waals surface area (Å²) in [4.78, 5) is 11.1. The lowest BCUT2D eigenvalue weighted by molar-refractivity contribution is -0.115. The fourth-order valence-corrected chi connectivity index (χ4v) is 1.70. The Morgan fingerprint density at radius 1 is 1.42 bits per heavy atom. The van der Waals surface area contributed by atoms with Crippen LogP contribution in [0.25, 0.3) is 0 Å². The van der Waals surface area contributed by atoms with E-state index in [0.717, 1.165) is 19.3 Å². The molecule has 1 heterocycles. The third-order valence-electron chi connectivity index (χ3n) is 2.34. The first kappa shape index (κ1) is 7.59. The van der Waals surface area contributed by atoms with Gasteiger partial charge in [0.2, 0.25) is 0 Å². The zero-order valence-electron chi connectivity index (χ0n) is 6.95. The Morgan fingerprint density at radius 3 is 3.00 bits per heavy atom. The SMILES string of the molecule is O=C1C=C([C@H]2CC=CO2)CCC1. The molecule has 0 fully saturated rings. The predicted octanol–water partition coefficient (Wildman–Crippen LogP) is 1.97. The van der Waals surface area contributed by atoms with E-state index in [2.05, 4.69) is 0 Å². The predicted molar refractivity (Wildman–Crippen MR) is 45.6 cm³/mol. The lowest BCUT2D eigenvalue weighted by Crippen LogP contribution is -2.14. The molecule has 0 saturated carbocycles. The van der Waals surface area contributed by atoms with E-state index in [0.29, 0.717) is 6.42 Å². The van der Waals surface area contributed by atoms with E-state index in [-0.39, 0.29) is 11.9 Å². The highest BCUT2D eigenvalue weighted by atomic mass is 16.5. The van der Waals surface area contributed by atoms with Gasteiger partial charge in [0, 0.05) is 12.8 Å². The number of ether oxygens (including phenoxy) is 1. The van der Waals surface area contributed by atoms with E-state index >= 15 is 0 Å². The first-order chi connectivity index (χ1) is 5.86. The molecule has 1 atom stereocenters. The van der Waals surface area contributed by atoms with E-state index in [9.17, 15) is 4.79 Å². The zero-order valence-corrected chi connectivity index (χ0v) is 6.95. The summed E-state index contributed by atoms with van der Waals surface area (Å²) in [5.74, 6) is 0.256. The van der Waals surface area contributed by atoms with Crippen LogP contribution in [-0.4, -0.2) is 11.9 Å². The summed E-state index contributed by atoms with van der Waals surface area (Å²) in [6.07, 6.45) is 9.32. The molecule has 0 unspecified atom stereocenters. The van der Waals surface area contributed by atoms with Gasteiger partial charge >= 0.3 is 0 Å². The molecule has 2 aliphatic rings. The van der Waals surface area contributed by atoms with Crippen LogP contribution < -0.4 is 0 Å². The quantitative estimate of drug-likeness (QED) is 0.592. The molecule has 12 heavy (non-hydrogen) atoms. The molecule has 1 aliphatic carbocycles. The summed E-state index contributed by atoms with van der Waals surface area (Å²) in [6, 6.07) is 0. The second kappa shape index (κ2) is 3.13. The molecular weight excluding hydrogens is 152 g/mol. The van der Waals surface area contributed by atoms with Crippen molar-refractivity contribution in [3.05, 3.63) is 24.0 Å². The fraction of sp³-hybridized carbons (Fsp3) is 0.500. The largest absolute Gasteiger partial charge is 0.494 e. The standard InChI is InChI=1S/C10H12O2/c11-9-4-1-3-8(7-9)10-5-2-6-12-10/h2,6-7,10H,1,3-5H2/t10-/m1/s1. The van der Waals surface area contributed by atoms with Crippen molar-refractivity contribution in [1.82, 2.24) is 0 Å². The van der Waals surface area contributed by atoms with Gasteiger partial charge in [-0.3, -0.25) is 4.79 Å². The highest BCUT2D eigenvalue weighted by molar-refractivity contribution is 5.91. The van der Waals surface area contributed by atoms with Gasteiger partial charge in [0.1, 0.15) is 6.10 Å². The van der Waals surface area contributed by atoms with Gasteiger partial charge in [-0.05, 0) is 30.6 Å². The van der Waals surface area contributed by atoms with Crippen molar-refractivity contribution in [2.24, 2.45) is 0 Å². The minimum atomic E-state index is 0.161. The summed E-state index contributed by atoms with van der Waals surface area (Å²) in [5.41, 5.74) is 1.18. The molecule has 0 N–H and O–H groups in total. The highest BCUT2D eigenvalue weighted by Gasteiger charge is 2.20. The monoisotopic (exact) mass is 164 g/mol. The number of rotatable bonds is 1. The lowest BCUT2D eigenvalue weighted by atomic mass is 9.94. The Bertz CT molecular complexity index is 243. The van der Waals surface area contributed by atoms with E-state index in [1.54, 1.807) is 12.3 Å². The van der Waals surface area contributed by atoms with Crippen molar-refractivity contribution in [3.63, 3.8) is 0 Å². The van der Waals surface area contributed by atoms with Crippen LogP contribution in [0.5, 0.6) is 0 Å². The van der Waals surface area contributed by atoms with Crippen LogP contribution in [0.4, 0.5) is 0 Å². The maximum Gasteiger partial charge on any atom is 0.155 e. The van der Waals surface area contributed by atoms with Gasteiger partial charge in [-0.2, -0.15) is 0 Å². The van der Waals surface area contributed by atoms with Crippen molar-refractivity contribution in [1.29, 1.82) is 0 Å². The minimum absolute atomic E-state index is 0.161. The van der Waals surface area contributed by atoms with Crippen LogP contribution >= 0.6 is 0 Å². The number of ketones is 1. The van der Waals surface area contributed by atoms with Gasteiger partial charge in [-0.15, -0.1) is 0 Å². The molecule has 0 bridgehead atoms. The fourth-order valence-electron chi connectivity index (χ4n) is 1.70. The lowest BCUT2D eigenvalue weighted by Gasteiger charge is -2.17. The van der Waals surface area contributed by atoms with Crippen molar-refractivity contribution in [3.8, 4) is 0 Å². The van der Waals surface area contributed by atoms with Crippen LogP contribution in [0.1, 0.15) is 25.7 Å². The molecule has 2 rings (SSSR count). The highest BCUT2D eigenvalue weighted by Crippen LogP contribution is 2.25. The smallest absolute Gasteiger partial charge is 0.155 e. The van der Waals surface area contributed by atoms with Gasteiger partial charge in [-0.1, -0.05) is 0 Å². The molecular formula is C10H12O2. The summed E-state index contributed by atoms with van der Waals surface area (Å²) >= 11 is 0. The maximum absolute atomic E-state index is 11.1. The second-order valence-corrected chi connectivity index (χ2v) is 3.27. The van der Waals surface area contributed by atoms with Gasteiger partial charge in [0.15, 0.2) is 5.78 Å². The van der Waals surface area contributed by atoms with E-state index < -0.39 is 0 Å². The van der Waals surface area contributed by atoms with Crippen molar-refractivity contribution >= 4 is 5.78 Å². The molecule has 0 spiro atoms. The van der Waals surface area contributed by atoms with E-state index in [1.807, 2.05) is 6.08 Å². The third kappa shape index (κ3) is 1.42. The first-order valence-electron chi connectivity index (χ1n) is 4.40. The molecule has 0 aromatic rings. The normalized spacial score (nSPS) is 28.5. The van der Waals surface area contributed by atoms with E-state index in [4.69, 9.17) is 4.74 Å². The Balaban J connectivity index is 2.07. The van der Waals surface area contributed by atoms with Crippen LogP contribution in [0.3, 0.4) is 0 Å². The molecule has 2 nitrogen and oxygen atoms in total. The number of carbonyl (C=O) groups is 1. The van der Waals surface area contributed by atoms with Crippen molar-refractivity contribution in [2.75, 3.05) is 0 Å². The Kier molecular flexibility index (Phi) is 1.98. The summed E-state index contributed by atoms with van der Waals surface area (Å²) in [7, 11) is 0. The Morgan fingerprint density at radius 2 is 2.33 bits per heavy atom. The summed E-state index contributed by atoms with van der Waals surface area (Å²) in [5, 5.41) is 0. The molecule has 1 aliphatic heterocycles. The van der Waals surface area contributed by atoms with Crippen LogP contribution in [0, 0.1) is 0 Å². The Labute approximate surface area is 71.9 Å². The van der Waals surface area contributed by atoms with Gasteiger partial charge in [0.05, 0.1) is 6.26 Å². The number of hydrogen-bond donors (Lipinski definition) is 0. The molecule has 2 heteroatoms. The molecule has 0 amide bonds. The van der Waals surface area contributed by atoms with Crippen LogP contribution in [0.2, 0.25) is 0 Å². The molecule has 0 radical (unpaired) electrons. The van der Waals surface area contributed by atoms with Crippen molar-refractivity contribution in [2.45, 2.75) is 31.8 Å². The second-order valence-electron chi connectivity index (χ2n) is 3.27. The van der Waals surface area contributed by atoms with Gasteiger partial charge < -0.3 is 4.74 Å². The molecule has 0 aromatic heterocycles. The number of allylic oxidation sites excluding steroid dienone is 1. The third-order valence-corrected chi connectivity index (χ3v) is 2.34.